The normalized spacial score (nSPS) is 15.1. The highest BCUT2D eigenvalue weighted by Crippen LogP contribution is 2.20. The van der Waals surface area contributed by atoms with Crippen molar-refractivity contribution >= 4 is 11.8 Å². The fraction of sp³-hybridized carbons (Fsp3) is 0.500. The Balaban J connectivity index is 2.82. The van der Waals surface area contributed by atoms with Gasteiger partial charge >= 0.3 is 0 Å². The van der Waals surface area contributed by atoms with Gasteiger partial charge in [0.1, 0.15) is 12.1 Å². The van der Waals surface area contributed by atoms with Crippen molar-refractivity contribution in [1.29, 1.82) is 0 Å². The van der Waals surface area contributed by atoms with E-state index < -0.39 is 6.10 Å². The molecular weight excluding hydrogens is 222 g/mol. The Kier molecular flexibility index (Phi) is 5.28. The number of likely N-dealkylation sites (N-methyl/N-ethyl adjacent to an activating group) is 1. The van der Waals surface area contributed by atoms with Gasteiger partial charge in [-0.15, -0.1) is 11.8 Å². The summed E-state index contributed by atoms with van der Waals surface area (Å²) in [6, 6.07) is 7.63. The molecule has 16 heavy (non-hydrogen) atoms. The Morgan fingerprint density at radius 3 is 2.19 bits per heavy atom. The Morgan fingerprint density at radius 1 is 1.25 bits per heavy atom. The van der Waals surface area contributed by atoms with Crippen LogP contribution < -0.4 is 4.90 Å². The van der Waals surface area contributed by atoms with E-state index in [1.807, 2.05) is 44.6 Å². The molecule has 1 rings (SSSR count). The zero-order valence-corrected chi connectivity index (χ0v) is 10.8. The van der Waals surface area contributed by atoms with Crippen LogP contribution in [0.4, 0.5) is 0 Å². The number of rotatable bonds is 5. The molecule has 0 radical (unpaired) electrons. The highest BCUT2D eigenvalue weighted by Gasteiger charge is 2.25. The van der Waals surface area contributed by atoms with Crippen molar-refractivity contribution in [2.75, 3.05) is 27.0 Å². The summed E-state index contributed by atoms with van der Waals surface area (Å²) in [5.41, 5.74) is 0.859. The van der Waals surface area contributed by atoms with Crippen molar-refractivity contribution in [3.05, 3.63) is 29.8 Å². The van der Waals surface area contributed by atoms with Crippen LogP contribution >= 0.6 is 11.8 Å². The van der Waals surface area contributed by atoms with E-state index in [-0.39, 0.29) is 12.6 Å². The van der Waals surface area contributed by atoms with Crippen LogP contribution in [-0.4, -0.2) is 43.2 Å². The molecule has 0 saturated carbocycles. The van der Waals surface area contributed by atoms with Gasteiger partial charge in [-0.05, 0) is 24.0 Å². The summed E-state index contributed by atoms with van der Waals surface area (Å²) in [5.74, 6) is 0. The Labute approximate surface area is 101 Å². The lowest BCUT2D eigenvalue weighted by molar-refractivity contribution is -0.891. The minimum absolute atomic E-state index is 0.0201. The zero-order chi connectivity index (χ0) is 12.1. The molecule has 1 aromatic rings. The highest BCUT2D eigenvalue weighted by molar-refractivity contribution is 7.98. The lowest BCUT2D eigenvalue weighted by Gasteiger charge is -2.24. The number of hydrogen-bond donors (Lipinski definition) is 3. The molecule has 0 bridgehead atoms. The minimum atomic E-state index is -0.620. The standard InChI is InChI=1S/C12H19NO2S/c1-13(2)11(8-14)12(15)9-4-6-10(16-3)7-5-9/h4-7,11-12,14-15H,8H2,1-3H3/p+1/t11-,12-/m0/s1. The Morgan fingerprint density at radius 2 is 1.81 bits per heavy atom. The third kappa shape index (κ3) is 3.22. The molecule has 0 spiro atoms. The van der Waals surface area contributed by atoms with Gasteiger partial charge < -0.3 is 15.1 Å². The lowest BCUT2D eigenvalue weighted by atomic mass is 10.0. The largest absolute Gasteiger partial charge is 0.390 e. The van der Waals surface area contributed by atoms with Crippen molar-refractivity contribution in [2.45, 2.75) is 17.0 Å². The van der Waals surface area contributed by atoms with Crippen molar-refractivity contribution in [2.24, 2.45) is 0 Å². The molecule has 0 aromatic heterocycles. The SMILES string of the molecule is CSc1ccc([C@H](O)[C@H](CO)[NH+](C)C)cc1. The predicted molar refractivity (Wildman–Crippen MR) is 66.9 cm³/mol. The second kappa shape index (κ2) is 6.25. The average Bonchev–Trinajstić information content (AvgIpc) is 2.29. The van der Waals surface area contributed by atoms with Crippen LogP contribution in [0, 0.1) is 0 Å². The van der Waals surface area contributed by atoms with Crippen LogP contribution in [0.3, 0.4) is 0 Å². The van der Waals surface area contributed by atoms with Crippen LogP contribution in [0.15, 0.2) is 29.2 Å². The first-order valence-electron chi connectivity index (χ1n) is 5.33. The summed E-state index contributed by atoms with van der Waals surface area (Å²) < 4.78 is 0. The molecule has 0 aliphatic rings. The van der Waals surface area contributed by atoms with Gasteiger partial charge in [-0.3, -0.25) is 0 Å². The van der Waals surface area contributed by atoms with Gasteiger partial charge in [0.15, 0.2) is 0 Å². The van der Waals surface area contributed by atoms with Gasteiger partial charge in [0.25, 0.3) is 0 Å². The van der Waals surface area contributed by atoms with Crippen molar-refractivity contribution in [3.8, 4) is 0 Å². The maximum Gasteiger partial charge on any atom is 0.141 e. The average molecular weight is 242 g/mol. The van der Waals surface area contributed by atoms with Gasteiger partial charge in [-0.1, -0.05) is 12.1 Å². The van der Waals surface area contributed by atoms with E-state index in [1.54, 1.807) is 11.8 Å². The van der Waals surface area contributed by atoms with Gasteiger partial charge in [0, 0.05) is 4.90 Å². The number of thioether (sulfide) groups is 1. The Hall–Kier alpha value is -0.550. The highest BCUT2D eigenvalue weighted by atomic mass is 32.2. The number of hydrogen-bond acceptors (Lipinski definition) is 3. The fourth-order valence-corrected chi connectivity index (χ4v) is 2.04. The van der Waals surface area contributed by atoms with Crippen LogP contribution in [-0.2, 0) is 0 Å². The van der Waals surface area contributed by atoms with Gasteiger partial charge in [0.2, 0.25) is 0 Å². The summed E-state index contributed by atoms with van der Waals surface area (Å²) in [5, 5.41) is 19.4. The lowest BCUT2D eigenvalue weighted by Crippen LogP contribution is -3.11. The topological polar surface area (TPSA) is 44.9 Å². The van der Waals surface area contributed by atoms with E-state index in [9.17, 15) is 10.2 Å². The number of aliphatic hydroxyl groups excluding tert-OH is 2. The van der Waals surface area contributed by atoms with Gasteiger partial charge in [-0.25, -0.2) is 0 Å². The molecule has 90 valence electrons. The molecule has 1 aromatic carbocycles. The summed E-state index contributed by atoms with van der Waals surface area (Å²) in [6.45, 7) is -0.0201. The zero-order valence-electron chi connectivity index (χ0n) is 9.97. The minimum Gasteiger partial charge on any atom is -0.390 e. The van der Waals surface area contributed by atoms with E-state index in [0.29, 0.717) is 0 Å². The quantitative estimate of drug-likeness (QED) is 0.634. The summed E-state index contributed by atoms with van der Waals surface area (Å²) in [4.78, 5) is 2.22. The monoisotopic (exact) mass is 242 g/mol. The molecule has 0 saturated heterocycles. The number of quaternary nitrogens is 1. The molecule has 0 aliphatic heterocycles. The predicted octanol–water partition coefficient (Wildman–Crippen LogP) is -0.0527. The van der Waals surface area contributed by atoms with E-state index in [0.717, 1.165) is 10.5 Å². The third-order valence-electron chi connectivity index (χ3n) is 2.78. The first-order valence-corrected chi connectivity index (χ1v) is 6.55. The van der Waals surface area contributed by atoms with Crippen molar-refractivity contribution in [1.82, 2.24) is 0 Å². The van der Waals surface area contributed by atoms with E-state index in [4.69, 9.17) is 0 Å². The Bertz CT molecular complexity index is 313. The van der Waals surface area contributed by atoms with E-state index >= 15 is 0 Å². The second-order valence-electron chi connectivity index (χ2n) is 4.08. The van der Waals surface area contributed by atoms with E-state index in [1.165, 1.54) is 4.90 Å². The summed E-state index contributed by atoms with van der Waals surface area (Å²) in [7, 11) is 3.86. The van der Waals surface area contributed by atoms with Crippen molar-refractivity contribution in [3.63, 3.8) is 0 Å². The molecule has 2 atom stereocenters. The van der Waals surface area contributed by atoms with Crippen LogP contribution in [0.2, 0.25) is 0 Å². The number of benzene rings is 1. The van der Waals surface area contributed by atoms with Crippen LogP contribution in [0.25, 0.3) is 0 Å². The molecule has 3 N–H and O–H groups in total. The first-order chi connectivity index (χ1) is 7.60. The molecule has 4 heteroatoms. The first kappa shape index (κ1) is 13.5. The van der Waals surface area contributed by atoms with Gasteiger partial charge in [-0.2, -0.15) is 0 Å². The van der Waals surface area contributed by atoms with Crippen LogP contribution in [0.5, 0.6) is 0 Å². The maximum atomic E-state index is 10.1. The molecule has 0 heterocycles. The molecular formula is C12H20NO2S+. The van der Waals surface area contributed by atoms with E-state index in [2.05, 4.69) is 0 Å². The smallest absolute Gasteiger partial charge is 0.141 e. The molecule has 0 amide bonds. The fourth-order valence-electron chi connectivity index (χ4n) is 1.63. The second-order valence-corrected chi connectivity index (χ2v) is 4.96. The van der Waals surface area contributed by atoms with Crippen LogP contribution in [0.1, 0.15) is 11.7 Å². The molecule has 0 aliphatic carbocycles. The maximum absolute atomic E-state index is 10.1. The van der Waals surface area contributed by atoms with Gasteiger partial charge in [0.05, 0.1) is 20.7 Å². The third-order valence-corrected chi connectivity index (χ3v) is 3.52. The molecule has 0 unspecified atom stereocenters. The summed E-state index contributed by atoms with van der Waals surface area (Å²) >= 11 is 1.67. The summed E-state index contributed by atoms with van der Waals surface area (Å²) in [6.07, 6.45) is 1.40. The molecule has 3 nitrogen and oxygen atoms in total. The number of aliphatic hydroxyl groups is 2. The van der Waals surface area contributed by atoms with Crippen molar-refractivity contribution < 1.29 is 15.1 Å². The number of nitrogens with one attached hydrogen (secondary N) is 1. The molecule has 0 fully saturated rings.